The third kappa shape index (κ3) is 2.30. The Labute approximate surface area is 80.5 Å². The summed E-state index contributed by atoms with van der Waals surface area (Å²) >= 11 is 1.09. The molecule has 4 nitrogen and oxygen atoms in total. The highest BCUT2D eigenvalue weighted by Crippen LogP contribution is 2.17. The second kappa shape index (κ2) is 4.41. The highest BCUT2D eigenvalue weighted by Gasteiger charge is 2.33. The number of carbonyl (C=O) groups excluding carboxylic acids is 1. The van der Waals surface area contributed by atoms with E-state index in [-0.39, 0.29) is 11.9 Å². The van der Waals surface area contributed by atoms with Crippen LogP contribution < -0.4 is 0 Å². The van der Waals surface area contributed by atoms with Gasteiger partial charge in [0.1, 0.15) is 0 Å². The molecular weight excluding hydrogens is 190 g/mol. The number of carbonyl (C=O) groups is 2. The van der Waals surface area contributed by atoms with Crippen molar-refractivity contribution in [3.63, 3.8) is 0 Å². The van der Waals surface area contributed by atoms with Gasteiger partial charge in [0.2, 0.25) is 5.91 Å². The molecule has 1 N–H and O–H groups in total. The third-order valence-electron chi connectivity index (χ3n) is 1.92. The van der Waals surface area contributed by atoms with E-state index in [1.54, 1.807) is 0 Å². The quantitative estimate of drug-likeness (QED) is 0.519. The number of likely N-dealkylation sites (tertiary alicyclic amines) is 1. The Morgan fingerprint density at radius 3 is 3.08 bits per heavy atom. The van der Waals surface area contributed by atoms with Gasteiger partial charge in [-0.05, 0) is 17.5 Å². The van der Waals surface area contributed by atoms with E-state index in [0.717, 1.165) is 22.0 Å². The first-order valence-corrected chi connectivity index (χ1v) is 5.36. The average molecular weight is 203 g/mol. The highest BCUT2D eigenvalue weighted by molar-refractivity contribution is 7.97. The van der Waals surface area contributed by atoms with Crippen LogP contribution in [0.1, 0.15) is 19.8 Å². The van der Waals surface area contributed by atoms with Gasteiger partial charge >= 0.3 is 6.09 Å². The molecule has 0 radical (unpaired) electrons. The molecule has 1 aliphatic rings. The summed E-state index contributed by atoms with van der Waals surface area (Å²) in [6.45, 7) is 2.01. The van der Waals surface area contributed by atoms with Crippen LogP contribution in [0.2, 0.25) is 0 Å². The molecule has 0 bridgehead atoms. The van der Waals surface area contributed by atoms with Crippen molar-refractivity contribution in [3.8, 4) is 0 Å². The van der Waals surface area contributed by atoms with Crippen LogP contribution in [-0.4, -0.2) is 39.2 Å². The molecule has 0 spiro atoms. The van der Waals surface area contributed by atoms with E-state index < -0.39 is 6.09 Å². The van der Waals surface area contributed by atoms with Gasteiger partial charge < -0.3 is 5.11 Å². The lowest BCUT2D eigenvalue weighted by Crippen LogP contribution is -2.38. The summed E-state index contributed by atoms with van der Waals surface area (Å²) in [5, 5.41) is 10.6. The van der Waals surface area contributed by atoms with Crippen molar-refractivity contribution in [2.45, 2.75) is 25.8 Å². The molecule has 1 saturated heterocycles. The summed E-state index contributed by atoms with van der Waals surface area (Å²) in [5.41, 5.74) is 0. The van der Waals surface area contributed by atoms with Gasteiger partial charge in [-0.2, -0.15) is 0 Å². The number of thiol groups is 1. The van der Waals surface area contributed by atoms with Gasteiger partial charge in [-0.25, -0.2) is 21.0 Å². The molecule has 0 aromatic carbocycles. The Hall–Kier alpha value is -0.840. The normalized spacial score (nSPS) is 23.6. The minimum atomic E-state index is -1.13. The molecule has 2 amide bonds. The maximum atomic E-state index is 11.1. The first-order chi connectivity index (χ1) is 6.16. The van der Waals surface area contributed by atoms with E-state index >= 15 is 0 Å². The summed E-state index contributed by atoms with van der Waals surface area (Å²) in [6.07, 6.45) is -0.139. The molecule has 5 heteroatoms. The van der Waals surface area contributed by atoms with Crippen LogP contribution in [0.4, 0.5) is 4.79 Å². The number of hydrogen-bond donors (Lipinski definition) is 2. The second-order valence-corrected chi connectivity index (χ2v) is 4.10. The zero-order valence-corrected chi connectivity index (χ0v) is 8.33. The molecule has 1 rings (SSSR count). The maximum Gasteiger partial charge on any atom is 0.414 e. The molecule has 1 aliphatic heterocycles. The number of amides is 2. The van der Waals surface area contributed by atoms with Gasteiger partial charge in [-0.1, -0.05) is 6.92 Å². The molecule has 1 fully saturated rings. The minimum absolute atomic E-state index is 0.202. The molecular formula is C8H13NO3S. The molecule has 0 aromatic heterocycles. The van der Waals surface area contributed by atoms with Gasteiger partial charge in [-0.15, -0.1) is 0 Å². The fraction of sp³-hybridized carbons (Fsp3) is 0.625. The summed E-state index contributed by atoms with van der Waals surface area (Å²) < 4.78 is 0. The van der Waals surface area contributed by atoms with E-state index in [1.165, 1.54) is 0 Å². The Bertz CT molecular complexity index is 252. The topological polar surface area (TPSA) is 57.6 Å². The van der Waals surface area contributed by atoms with E-state index in [1.807, 2.05) is 12.3 Å². The van der Waals surface area contributed by atoms with Crippen LogP contribution >= 0.6 is 11.4 Å². The molecule has 74 valence electrons. The minimum Gasteiger partial charge on any atom is -0.465 e. The number of hydrogen-bond acceptors (Lipinski definition) is 2. The molecule has 0 unspecified atom stereocenters. The number of nitrogens with zero attached hydrogens (tertiary/aromatic N) is 1. The summed E-state index contributed by atoms with van der Waals surface area (Å²) in [7, 11) is 0. The zero-order valence-electron chi connectivity index (χ0n) is 7.43. The molecule has 1 atom stereocenters. The van der Waals surface area contributed by atoms with Crippen LogP contribution in [0.25, 0.3) is 0 Å². The van der Waals surface area contributed by atoms with Crippen molar-refractivity contribution in [3.05, 3.63) is 0 Å². The molecule has 1 heterocycles. The summed E-state index contributed by atoms with van der Waals surface area (Å²) in [4.78, 5) is 22.7. The maximum absolute atomic E-state index is 11.1. The van der Waals surface area contributed by atoms with Crippen molar-refractivity contribution in [1.29, 1.82) is 0 Å². The lowest BCUT2D eigenvalue weighted by Gasteiger charge is -2.15. The first-order valence-electron chi connectivity index (χ1n) is 4.21. The van der Waals surface area contributed by atoms with E-state index in [0.29, 0.717) is 12.8 Å². The van der Waals surface area contributed by atoms with E-state index in [4.69, 9.17) is 5.11 Å². The summed E-state index contributed by atoms with van der Waals surface area (Å²) in [5.74, 6) is 0.679. The van der Waals surface area contributed by atoms with Gasteiger partial charge in [0, 0.05) is 6.42 Å². The van der Waals surface area contributed by atoms with Crippen LogP contribution in [0.15, 0.2) is 0 Å². The Morgan fingerprint density at radius 2 is 2.54 bits per heavy atom. The van der Waals surface area contributed by atoms with Crippen molar-refractivity contribution in [1.82, 2.24) is 4.90 Å². The Morgan fingerprint density at radius 1 is 1.85 bits per heavy atom. The van der Waals surface area contributed by atoms with Gasteiger partial charge in [0.05, 0.1) is 6.04 Å². The number of rotatable bonds is 2. The Kier molecular flexibility index (Phi) is 3.48. The van der Waals surface area contributed by atoms with Gasteiger partial charge in [0.25, 0.3) is 0 Å². The van der Waals surface area contributed by atoms with Crippen LogP contribution in [0.3, 0.4) is 0 Å². The molecule has 0 aliphatic carbocycles. The predicted octanol–water partition coefficient (Wildman–Crippen LogP) is 0.943. The monoisotopic (exact) mass is 203 g/mol. The third-order valence-corrected chi connectivity index (χ3v) is 2.84. The zero-order chi connectivity index (χ0) is 9.84. The SMILES string of the molecule is CC[SH]=C[C@@H]1CCC(=O)N1C(=O)O. The van der Waals surface area contributed by atoms with Crippen molar-refractivity contribution in [2.24, 2.45) is 0 Å². The van der Waals surface area contributed by atoms with Crippen molar-refractivity contribution >= 4 is 28.7 Å². The first kappa shape index (κ1) is 10.2. The Balaban J connectivity index is 2.70. The fourth-order valence-corrected chi connectivity index (χ4v) is 2.06. The van der Waals surface area contributed by atoms with Crippen LogP contribution in [0.5, 0.6) is 0 Å². The largest absolute Gasteiger partial charge is 0.465 e. The van der Waals surface area contributed by atoms with E-state index in [9.17, 15) is 9.59 Å². The van der Waals surface area contributed by atoms with Crippen molar-refractivity contribution < 1.29 is 14.7 Å². The van der Waals surface area contributed by atoms with E-state index in [2.05, 4.69) is 0 Å². The number of imide groups is 1. The smallest absolute Gasteiger partial charge is 0.414 e. The lowest BCUT2D eigenvalue weighted by molar-refractivity contribution is -0.126. The molecule has 13 heavy (non-hydrogen) atoms. The number of carboxylic acid groups (broad SMARTS) is 1. The van der Waals surface area contributed by atoms with Crippen molar-refractivity contribution in [2.75, 3.05) is 5.75 Å². The lowest BCUT2D eigenvalue weighted by atomic mass is 10.2. The standard InChI is InChI=1S/C8H13NO3S/c1-2-13-5-6-3-4-7(10)9(6)8(11)12/h5-6,13H,2-4H2,1H3,(H,11,12)/t6-/m0/s1. The van der Waals surface area contributed by atoms with Gasteiger partial charge in [-0.3, -0.25) is 4.79 Å². The fourth-order valence-electron chi connectivity index (χ4n) is 1.32. The van der Waals surface area contributed by atoms with Crippen LogP contribution in [-0.2, 0) is 4.79 Å². The predicted molar refractivity (Wildman–Crippen MR) is 53.5 cm³/mol. The molecule has 0 aromatic rings. The average Bonchev–Trinajstić information content (AvgIpc) is 2.43. The summed E-state index contributed by atoms with van der Waals surface area (Å²) in [6, 6.07) is -0.202. The van der Waals surface area contributed by atoms with Gasteiger partial charge in [0.15, 0.2) is 0 Å². The highest BCUT2D eigenvalue weighted by atomic mass is 32.1. The molecule has 0 saturated carbocycles. The van der Waals surface area contributed by atoms with Crippen LogP contribution in [0, 0.1) is 0 Å². The second-order valence-electron chi connectivity index (χ2n) is 2.80.